The summed E-state index contributed by atoms with van der Waals surface area (Å²) in [5, 5.41) is -0.364. The molecule has 2 aromatic carbocycles. The van der Waals surface area contributed by atoms with E-state index in [1.807, 2.05) is 6.92 Å². The monoisotopic (exact) mass is 442 g/mol. The van der Waals surface area contributed by atoms with Crippen molar-refractivity contribution in [3.63, 3.8) is 0 Å². The Hall–Kier alpha value is -2.78. The minimum Gasteiger partial charge on any atom is -0.439 e. The smallest absolute Gasteiger partial charge is 0.416 e. The summed E-state index contributed by atoms with van der Waals surface area (Å²) in [6, 6.07) is 13.4. The van der Waals surface area contributed by atoms with Crippen molar-refractivity contribution in [3.8, 4) is 11.6 Å². The number of ether oxygens (including phenoxy) is 1. The van der Waals surface area contributed by atoms with Gasteiger partial charge in [-0.25, -0.2) is 13.4 Å². The number of sulfonamides is 1. The Balaban J connectivity index is 1.76. The van der Waals surface area contributed by atoms with Crippen LogP contribution in [0.5, 0.6) is 11.6 Å². The van der Waals surface area contributed by atoms with Gasteiger partial charge in [-0.05, 0) is 49.4 Å². The molecule has 0 saturated heterocycles. The standard InChI is InChI=1S/C19H14ClF3N2O3S/c1-12-2-8-16(9-3-12)29(26,27)25-14-4-6-15(7-5-14)28-18-11-13(19(21,22)23)10-17(20)24-18/h2-11,25H,1H3. The molecule has 1 heterocycles. The van der Waals surface area contributed by atoms with Crippen molar-refractivity contribution in [2.45, 2.75) is 18.0 Å². The van der Waals surface area contributed by atoms with Crippen molar-refractivity contribution in [2.75, 3.05) is 4.72 Å². The van der Waals surface area contributed by atoms with Crippen LogP contribution in [0.25, 0.3) is 0 Å². The van der Waals surface area contributed by atoms with Gasteiger partial charge in [-0.1, -0.05) is 29.3 Å². The second kappa shape index (κ2) is 7.92. The van der Waals surface area contributed by atoms with Gasteiger partial charge in [0.1, 0.15) is 10.9 Å². The highest BCUT2D eigenvalue weighted by Gasteiger charge is 2.31. The third-order valence-corrected chi connectivity index (χ3v) is 5.35. The highest BCUT2D eigenvalue weighted by atomic mass is 35.5. The summed E-state index contributed by atoms with van der Waals surface area (Å²) in [5.74, 6) is -0.177. The fourth-order valence-corrected chi connectivity index (χ4v) is 3.59. The average Bonchev–Trinajstić information content (AvgIpc) is 2.62. The number of halogens is 4. The van der Waals surface area contributed by atoms with Gasteiger partial charge in [0.2, 0.25) is 5.88 Å². The molecule has 1 N–H and O–H groups in total. The van der Waals surface area contributed by atoms with Crippen molar-refractivity contribution in [3.05, 3.63) is 76.9 Å². The van der Waals surface area contributed by atoms with Crippen LogP contribution >= 0.6 is 11.6 Å². The lowest BCUT2D eigenvalue weighted by atomic mass is 10.2. The quantitative estimate of drug-likeness (QED) is 0.518. The third kappa shape index (κ3) is 5.39. The number of nitrogens with one attached hydrogen (secondary N) is 1. The predicted molar refractivity (Wildman–Crippen MR) is 103 cm³/mol. The zero-order valence-corrected chi connectivity index (χ0v) is 16.4. The fourth-order valence-electron chi connectivity index (χ4n) is 2.33. The second-order valence-electron chi connectivity index (χ2n) is 6.06. The number of nitrogens with zero attached hydrogens (tertiary/aromatic N) is 1. The first-order valence-electron chi connectivity index (χ1n) is 8.15. The molecular weight excluding hydrogens is 429 g/mol. The second-order valence-corrected chi connectivity index (χ2v) is 8.13. The lowest BCUT2D eigenvalue weighted by molar-refractivity contribution is -0.137. The van der Waals surface area contributed by atoms with Crippen molar-refractivity contribution >= 4 is 27.3 Å². The number of anilines is 1. The molecule has 0 aliphatic carbocycles. The van der Waals surface area contributed by atoms with E-state index in [0.717, 1.165) is 11.6 Å². The summed E-state index contributed by atoms with van der Waals surface area (Å²) in [6.45, 7) is 1.84. The zero-order valence-electron chi connectivity index (χ0n) is 14.9. The Kier molecular flexibility index (Phi) is 5.72. The summed E-state index contributed by atoms with van der Waals surface area (Å²) in [7, 11) is -3.78. The van der Waals surface area contributed by atoms with Crippen LogP contribution in [-0.2, 0) is 16.2 Å². The van der Waals surface area contributed by atoms with Crippen LogP contribution in [0.4, 0.5) is 18.9 Å². The van der Waals surface area contributed by atoms with Gasteiger partial charge < -0.3 is 4.74 Å². The minimum atomic E-state index is -4.59. The molecule has 0 aliphatic rings. The van der Waals surface area contributed by atoms with Crippen molar-refractivity contribution in [1.29, 1.82) is 0 Å². The fraction of sp³-hybridized carbons (Fsp3) is 0.105. The molecule has 10 heteroatoms. The molecule has 0 bridgehead atoms. The summed E-state index contributed by atoms with van der Waals surface area (Å²) >= 11 is 5.62. The van der Waals surface area contributed by atoms with Crippen molar-refractivity contribution < 1.29 is 26.3 Å². The molecule has 0 unspecified atom stereocenters. The first-order chi connectivity index (χ1) is 13.5. The van der Waals surface area contributed by atoms with Gasteiger partial charge >= 0.3 is 6.18 Å². The molecule has 0 amide bonds. The number of hydrogen-bond donors (Lipinski definition) is 1. The van der Waals surface area contributed by atoms with E-state index in [2.05, 4.69) is 9.71 Å². The maximum atomic E-state index is 12.9. The molecule has 3 rings (SSSR count). The average molecular weight is 443 g/mol. The highest BCUT2D eigenvalue weighted by Crippen LogP contribution is 2.34. The molecule has 0 radical (unpaired) electrons. The number of alkyl halides is 3. The van der Waals surface area contributed by atoms with Crippen molar-refractivity contribution in [1.82, 2.24) is 4.98 Å². The van der Waals surface area contributed by atoms with Gasteiger partial charge in [-0.2, -0.15) is 13.2 Å². The van der Waals surface area contributed by atoms with Gasteiger partial charge in [0.15, 0.2) is 0 Å². The molecule has 152 valence electrons. The van der Waals surface area contributed by atoms with Crippen LogP contribution in [-0.4, -0.2) is 13.4 Å². The Morgan fingerprint density at radius 1 is 1.00 bits per heavy atom. The lowest BCUT2D eigenvalue weighted by Crippen LogP contribution is -2.12. The van der Waals surface area contributed by atoms with E-state index in [1.54, 1.807) is 12.1 Å². The van der Waals surface area contributed by atoms with E-state index in [4.69, 9.17) is 16.3 Å². The number of aromatic nitrogens is 1. The zero-order chi connectivity index (χ0) is 21.2. The van der Waals surface area contributed by atoms with E-state index < -0.39 is 21.8 Å². The molecule has 0 spiro atoms. The van der Waals surface area contributed by atoms with E-state index in [1.165, 1.54) is 36.4 Å². The van der Waals surface area contributed by atoms with Crippen LogP contribution in [0.15, 0.2) is 65.6 Å². The number of hydrogen-bond acceptors (Lipinski definition) is 4. The highest BCUT2D eigenvalue weighted by molar-refractivity contribution is 7.92. The lowest BCUT2D eigenvalue weighted by Gasteiger charge is -2.11. The molecule has 0 saturated carbocycles. The number of pyridine rings is 1. The molecule has 0 atom stereocenters. The van der Waals surface area contributed by atoms with Gasteiger partial charge in [-0.3, -0.25) is 4.72 Å². The molecule has 5 nitrogen and oxygen atoms in total. The molecule has 0 fully saturated rings. The minimum absolute atomic E-state index is 0.103. The predicted octanol–water partition coefficient (Wildman–Crippen LogP) is 5.66. The Morgan fingerprint density at radius 3 is 2.21 bits per heavy atom. The van der Waals surface area contributed by atoms with Crippen LogP contribution in [0.3, 0.4) is 0 Å². The maximum absolute atomic E-state index is 12.9. The van der Waals surface area contributed by atoms with Gasteiger partial charge in [-0.15, -0.1) is 0 Å². The third-order valence-electron chi connectivity index (χ3n) is 3.76. The molecule has 0 aliphatic heterocycles. The van der Waals surface area contributed by atoms with Crippen LogP contribution < -0.4 is 9.46 Å². The molecular formula is C19H14ClF3N2O3S. The number of aryl methyl sites for hydroxylation is 1. The van der Waals surface area contributed by atoms with Gasteiger partial charge in [0.05, 0.1) is 10.5 Å². The SMILES string of the molecule is Cc1ccc(S(=O)(=O)Nc2ccc(Oc3cc(C(F)(F)F)cc(Cl)n3)cc2)cc1. The molecule has 29 heavy (non-hydrogen) atoms. The summed E-state index contributed by atoms with van der Waals surface area (Å²) < 4.78 is 71.0. The van der Waals surface area contributed by atoms with Crippen LogP contribution in [0.1, 0.15) is 11.1 Å². The normalized spacial score (nSPS) is 11.9. The van der Waals surface area contributed by atoms with E-state index in [0.29, 0.717) is 6.07 Å². The van der Waals surface area contributed by atoms with Crippen molar-refractivity contribution in [2.24, 2.45) is 0 Å². The van der Waals surface area contributed by atoms with E-state index in [9.17, 15) is 21.6 Å². The molecule has 1 aromatic heterocycles. The number of rotatable bonds is 5. The summed E-state index contributed by atoms with van der Waals surface area (Å²) in [6.07, 6.45) is -4.59. The Morgan fingerprint density at radius 2 is 1.62 bits per heavy atom. The first-order valence-corrected chi connectivity index (χ1v) is 10.0. The first kappa shape index (κ1) is 20.9. The van der Waals surface area contributed by atoms with E-state index in [-0.39, 0.29) is 27.4 Å². The van der Waals surface area contributed by atoms with Gasteiger partial charge in [0, 0.05) is 11.8 Å². The summed E-state index contributed by atoms with van der Waals surface area (Å²) in [5.41, 5.74) is 0.191. The van der Waals surface area contributed by atoms with E-state index >= 15 is 0 Å². The van der Waals surface area contributed by atoms with Crippen LogP contribution in [0, 0.1) is 6.92 Å². The topological polar surface area (TPSA) is 68.3 Å². The Bertz CT molecular complexity index is 1120. The maximum Gasteiger partial charge on any atom is 0.416 e. The molecule has 3 aromatic rings. The summed E-state index contributed by atoms with van der Waals surface area (Å²) in [4.78, 5) is 3.81. The number of benzene rings is 2. The Labute approximate surface area is 170 Å². The largest absolute Gasteiger partial charge is 0.439 e. The van der Waals surface area contributed by atoms with Gasteiger partial charge in [0.25, 0.3) is 10.0 Å². The van der Waals surface area contributed by atoms with Crippen LogP contribution in [0.2, 0.25) is 5.15 Å².